The molecule has 1 aliphatic rings. The predicted molar refractivity (Wildman–Crippen MR) is 86.9 cm³/mol. The average Bonchev–Trinajstić information content (AvgIpc) is 2.96. The van der Waals surface area contributed by atoms with Gasteiger partial charge in [-0.25, -0.2) is 0 Å². The van der Waals surface area contributed by atoms with Crippen molar-refractivity contribution in [2.24, 2.45) is 0 Å². The number of rotatable bonds is 7. The minimum Gasteiger partial charge on any atom is -0.497 e. The van der Waals surface area contributed by atoms with E-state index >= 15 is 0 Å². The summed E-state index contributed by atoms with van der Waals surface area (Å²) in [4.78, 5) is 24.8. The maximum atomic E-state index is 11.9. The molecule has 126 valence electrons. The van der Waals surface area contributed by atoms with Crippen molar-refractivity contribution in [3.8, 4) is 11.5 Å². The number of hydrogen-bond donors (Lipinski definition) is 2. The smallest absolute Gasteiger partial charge is 0.282 e. The largest absolute Gasteiger partial charge is 0.497 e. The number of benzene rings is 1. The quantitative estimate of drug-likeness (QED) is 0.771. The molecule has 1 fully saturated rings. The minimum absolute atomic E-state index is 0.00774. The Balaban J connectivity index is 1.92. The Morgan fingerprint density at radius 2 is 2.22 bits per heavy atom. The van der Waals surface area contributed by atoms with Gasteiger partial charge in [-0.15, -0.1) is 0 Å². The third-order valence-corrected chi connectivity index (χ3v) is 4.36. The van der Waals surface area contributed by atoms with E-state index in [1.165, 1.54) is 30.9 Å². The highest BCUT2D eigenvalue weighted by atomic mass is 32.2. The summed E-state index contributed by atoms with van der Waals surface area (Å²) in [6, 6.07) is 5.08. The Labute approximate surface area is 138 Å². The molecule has 0 bridgehead atoms. The van der Waals surface area contributed by atoms with Gasteiger partial charge in [-0.3, -0.25) is 9.59 Å². The number of nitrogens with one attached hydrogen (secondary N) is 1. The monoisotopic (exact) mass is 340 g/mol. The third kappa shape index (κ3) is 4.52. The predicted octanol–water partition coefficient (Wildman–Crippen LogP) is 1.02. The summed E-state index contributed by atoms with van der Waals surface area (Å²) in [6.07, 6.45) is -0.937. The lowest BCUT2D eigenvalue weighted by Crippen LogP contribution is -2.38. The van der Waals surface area contributed by atoms with Crippen LogP contribution in [0, 0.1) is 0 Å². The molecule has 0 aliphatic carbocycles. The summed E-state index contributed by atoms with van der Waals surface area (Å²) in [5.74, 6) is 1.50. The summed E-state index contributed by atoms with van der Waals surface area (Å²) in [7, 11) is 3.04. The first-order valence-corrected chi connectivity index (χ1v) is 8.12. The number of carbonyl (C=O) groups is 2. The molecule has 1 aromatic rings. The second-order valence-electron chi connectivity index (χ2n) is 4.96. The fourth-order valence-corrected chi connectivity index (χ4v) is 3.04. The molecule has 0 unspecified atom stereocenters. The fourth-order valence-electron chi connectivity index (χ4n) is 2.22. The SMILES string of the molecule is COc1ccc(OC)c([C@H](O)CNC(=O)CN2CCSC2=O)c1. The summed E-state index contributed by atoms with van der Waals surface area (Å²) in [5.41, 5.74) is 0.528. The van der Waals surface area contributed by atoms with Crippen LogP contribution in [-0.2, 0) is 4.79 Å². The first kappa shape index (κ1) is 17.4. The van der Waals surface area contributed by atoms with E-state index in [-0.39, 0.29) is 24.2 Å². The van der Waals surface area contributed by atoms with Gasteiger partial charge in [-0.05, 0) is 18.2 Å². The van der Waals surface area contributed by atoms with E-state index in [1.54, 1.807) is 18.2 Å². The summed E-state index contributed by atoms with van der Waals surface area (Å²) in [6.45, 7) is 0.606. The van der Waals surface area contributed by atoms with Gasteiger partial charge in [0.25, 0.3) is 5.24 Å². The van der Waals surface area contributed by atoms with Crippen LogP contribution in [0.2, 0.25) is 0 Å². The van der Waals surface area contributed by atoms with E-state index in [0.29, 0.717) is 29.4 Å². The van der Waals surface area contributed by atoms with Crippen molar-refractivity contribution < 1.29 is 24.2 Å². The maximum Gasteiger partial charge on any atom is 0.282 e. The van der Waals surface area contributed by atoms with Gasteiger partial charge in [0.15, 0.2) is 0 Å². The van der Waals surface area contributed by atoms with Crippen LogP contribution < -0.4 is 14.8 Å². The highest BCUT2D eigenvalue weighted by Gasteiger charge is 2.23. The Kier molecular flexibility index (Phi) is 6.12. The van der Waals surface area contributed by atoms with Crippen molar-refractivity contribution in [3.63, 3.8) is 0 Å². The van der Waals surface area contributed by atoms with Gasteiger partial charge in [0.2, 0.25) is 5.91 Å². The van der Waals surface area contributed by atoms with Crippen molar-refractivity contribution >= 4 is 22.9 Å². The second kappa shape index (κ2) is 8.07. The van der Waals surface area contributed by atoms with E-state index in [0.717, 1.165) is 0 Å². The van der Waals surface area contributed by atoms with E-state index in [9.17, 15) is 14.7 Å². The molecule has 1 saturated heterocycles. The van der Waals surface area contributed by atoms with Crippen LogP contribution in [-0.4, -0.2) is 60.8 Å². The normalized spacial score (nSPS) is 15.4. The molecule has 0 aromatic heterocycles. The molecule has 1 atom stereocenters. The summed E-state index contributed by atoms with van der Waals surface area (Å²) >= 11 is 1.20. The molecule has 2 N–H and O–H groups in total. The first-order chi connectivity index (χ1) is 11.0. The van der Waals surface area contributed by atoms with E-state index < -0.39 is 6.10 Å². The number of nitrogens with zero attached hydrogens (tertiary/aromatic N) is 1. The zero-order valence-electron chi connectivity index (χ0n) is 13.1. The highest BCUT2D eigenvalue weighted by Crippen LogP contribution is 2.29. The van der Waals surface area contributed by atoms with Crippen LogP contribution in [0.5, 0.6) is 11.5 Å². The van der Waals surface area contributed by atoms with Crippen LogP contribution in [0.4, 0.5) is 4.79 Å². The Morgan fingerprint density at radius 1 is 1.43 bits per heavy atom. The molecule has 1 aromatic carbocycles. The van der Waals surface area contributed by atoms with E-state index in [1.807, 2.05) is 0 Å². The lowest BCUT2D eigenvalue weighted by molar-refractivity contribution is -0.122. The molecule has 8 heteroatoms. The van der Waals surface area contributed by atoms with E-state index in [4.69, 9.17) is 9.47 Å². The summed E-state index contributed by atoms with van der Waals surface area (Å²) < 4.78 is 10.3. The van der Waals surface area contributed by atoms with Crippen LogP contribution in [0.1, 0.15) is 11.7 Å². The van der Waals surface area contributed by atoms with Crippen molar-refractivity contribution in [2.45, 2.75) is 6.10 Å². The van der Waals surface area contributed by atoms with Gasteiger partial charge in [0, 0.05) is 24.4 Å². The number of carbonyl (C=O) groups excluding carboxylic acids is 2. The molecule has 2 amide bonds. The Hall–Kier alpha value is -1.93. The molecule has 0 saturated carbocycles. The molecular weight excluding hydrogens is 320 g/mol. The summed E-state index contributed by atoms with van der Waals surface area (Å²) in [5, 5.41) is 12.8. The van der Waals surface area contributed by atoms with Crippen molar-refractivity contribution in [1.29, 1.82) is 0 Å². The number of ether oxygens (including phenoxy) is 2. The molecule has 1 aliphatic heterocycles. The van der Waals surface area contributed by atoms with Gasteiger partial charge in [0.1, 0.15) is 18.0 Å². The van der Waals surface area contributed by atoms with Crippen LogP contribution >= 0.6 is 11.8 Å². The molecule has 23 heavy (non-hydrogen) atoms. The average molecular weight is 340 g/mol. The number of hydrogen-bond acceptors (Lipinski definition) is 6. The van der Waals surface area contributed by atoms with Crippen molar-refractivity contribution in [2.75, 3.05) is 39.6 Å². The lowest BCUT2D eigenvalue weighted by Gasteiger charge is -2.18. The van der Waals surface area contributed by atoms with Crippen LogP contribution in [0.15, 0.2) is 18.2 Å². The standard InChI is InChI=1S/C15H20N2O5S/c1-21-10-3-4-13(22-2)11(7-10)12(18)8-16-14(19)9-17-5-6-23-15(17)20/h3-4,7,12,18H,5-6,8-9H2,1-2H3,(H,16,19)/t12-/m1/s1. The minimum atomic E-state index is -0.937. The third-order valence-electron chi connectivity index (χ3n) is 3.47. The van der Waals surface area contributed by atoms with Gasteiger partial charge in [-0.2, -0.15) is 0 Å². The molecule has 1 heterocycles. The molecule has 0 radical (unpaired) electrons. The van der Waals surface area contributed by atoms with Crippen LogP contribution in [0.3, 0.4) is 0 Å². The van der Waals surface area contributed by atoms with Crippen LogP contribution in [0.25, 0.3) is 0 Å². The molecule has 2 rings (SSSR count). The fraction of sp³-hybridized carbons (Fsp3) is 0.467. The molecular formula is C15H20N2O5S. The van der Waals surface area contributed by atoms with Crippen molar-refractivity contribution in [1.82, 2.24) is 10.2 Å². The van der Waals surface area contributed by atoms with E-state index in [2.05, 4.69) is 5.32 Å². The van der Waals surface area contributed by atoms with Gasteiger partial charge >= 0.3 is 0 Å². The number of methoxy groups -OCH3 is 2. The topological polar surface area (TPSA) is 88.1 Å². The Bertz CT molecular complexity index is 581. The van der Waals surface area contributed by atoms with Gasteiger partial charge in [-0.1, -0.05) is 11.8 Å². The highest BCUT2D eigenvalue weighted by molar-refractivity contribution is 8.13. The second-order valence-corrected chi connectivity index (χ2v) is 6.01. The van der Waals surface area contributed by atoms with Gasteiger partial charge < -0.3 is 24.8 Å². The number of thioether (sulfide) groups is 1. The lowest BCUT2D eigenvalue weighted by atomic mass is 10.1. The Morgan fingerprint density at radius 3 is 2.83 bits per heavy atom. The maximum absolute atomic E-state index is 11.9. The number of aliphatic hydroxyl groups excluding tert-OH is 1. The zero-order valence-corrected chi connectivity index (χ0v) is 13.9. The van der Waals surface area contributed by atoms with Gasteiger partial charge in [0.05, 0.1) is 20.3 Å². The molecule has 7 nitrogen and oxygen atoms in total. The number of aliphatic hydroxyl groups is 1. The molecule has 0 spiro atoms. The number of amides is 2. The zero-order chi connectivity index (χ0) is 16.8. The first-order valence-electron chi connectivity index (χ1n) is 7.13. The van der Waals surface area contributed by atoms with Crippen molar-refractivity contribution in [3.05, 3.63) is 23.8 Å².